The van der Waals surface area contributed by atoms with Crippen LogP contribution in [0, 0.1) is 0 Å². The molecule has 0 amide bonds. The minimum atomic E-state index is 0.701. The number of aromatic nitrogens is 1. The molecule has 148 valence electrons. The van der Waals surface area contributed by atoms with Crippen molar-refractivity contribution in [2.45, 2.75) is 0 Å². The van der Waals surface area contributed by atoms with Gasteiger partial charge in [-0.25, -0.2) is 4.98 Å². The van der Waals surface area contributed by atoms with Gasteiger partial charge in [-0.15, -0.1) is 11.3 Å². The molecule has 0 saturated carbocycles. The quantitative estimate of drug-likeness (QED) is 0.173. The van der Waals surface area contributed by atoms with Gasteiger partial charge in [-0.2, -0.15) is 5.10 Å². The van der Waals surface area contributed by atoms with Gasteiger partial charge in [-0.1, -0.05) is 78.3 Å². The molecule has 0 bridgehead atoms. The molecule has 0 aliphatic carbocycles. The van der Waals surface area contributed by atoms with E-state index >= 15 is 0 Å². The number of nitrogens with one attached hydrogen (secondary N) is 1. The van der Waals surface area contributed by atoms with Crippen molar-refractivity contribution in [1.29, 1.82) is 0 Å². The molecular formula is C26H16ClN3S. The van der Waals surface area contributed by atoms with E-state index in [0.717, 1.165) is 22.0 Å². The van der Waals surface area contributed by atoms with Gasteiger partial charge in [0.25, 0.3) is 0 Å². The second-order valence-corrected chi connectivity index (χ2v) is 8.72. The highest BCUT2D eigenvalue weighted by molar-refractivity contribution is 7.14. The molecule has 0 unspecified atom stereocenters. The number of hydrogen-bond acceptors (Lipinski definition) is 4. The number of thiazole rings is 1. The van der Waals surface area contributed by atoms with Crippen LogP contribution in [0.1, 0.15) is 5.56 Å². The van der Waals surface area contributed by atoms with E-state index < -0.39 is 0 Å². The Morgan fingerprint density at radius 3 is 2.42 bits per heavy atom. The lowest BCUT2D eigenvalue weighted by Crippen LogP contribution is -1.92. The zero-order valence-corrected chi connectivity index (χ0v) is 17.9. The number of rotatable bonds is 4. The summed E-state index contributed by atoms with van der Waals surface area (Å²) in [6.07, 6.45) is 1.87. The monoisotopic (exact) mass is 437 g/mol. The van der Waals surface area contributed by atoms with E-state index in [-0.39, 0.29) is 0 Å². The molecule has 0 saturated heterocycles. The number of halogens is 1. The lowest BCUT2D eigenvalue weighted by molar-refractivity contribution is 1.29. The molecule has 3 nitrogen and oxygen atoms in total. The number of nitrogens with zero attached hydrogens (tertiary/aromatic N) is 2. The molecule has 31 heavy (non-hydrogen) atoms. The second kappa shape index (κ2) is 7.34. The number of hydrazone groups is 1. The van der Waals surface area contributed by atoms with Gasteiger partial charge in [0.05, 0.1) is 11.9 Å². The minimum Gasteiger partial charge on any atom is -0.253 e. The third-order valence-corrected chi connectivity index (χ3v) is 6.53. The molecule has 0 aliphatic rings. The van der Waals surface area contributed by atoms with E-state index in [1.54, 1.807) is 0 Å². The zero-order valence-electron chi connectivity index (χ0n) is 16.3. The molecule has 1 heterocycles. The minimum absolute atomic E-state index is 0.701. The Morgan fingerprint density at radius 2 is 1.58 bits per heavy atom. The molecule has 0 spiro atoms. The summed E-state index contributed by atoms with van der Waals surface area (Å²) in [6, 6.07) is 27.2. The first-order valence-electron chi connectivity index (χ1n) is 9.93. The predicted octanol–water partition coefficient (Wildman–Crippen LogP) is 7.81. The van der Waals surface area contributed by atoms with Crippen molar-refractivity contribution in [2.24, 2.45) is 5.10 Å². The highest BCUT2D eigenvalue weighted by Gasteiger charge is 2.10. The van der Waals surface area contributed by atoms with Crippen molar-refractivity contribution in [3.8, 4) is 11.3 Å². The van der Waals surface area contributed by atoms with E-state index in [1.807, 2.05) is 35.9 Å². The lowest BCUT2D eigenvalue weighted by Gasteiger charge is -2.12. The fraction of sp³-hybridized carbons (Fsp3) is 0. The first-order chi connectivity index (χ1) is 15.3. The van der Waals surface area contributed by atoms with Crippen LogP contribution in [0.5, 0.6) is 0 Å². The Kier molecular flexibility index (Phi) is 4.34. The average Bonchev–Trinajstić information content (AvgIpc) is 3.27. The van der Waals surface area contributed by atoms with Gasteiger partial charge in [0.1, 0.15) is 0 Å². The van der Waals surface area contributed by atoms with Crippen LogP contribution >= 0.6 is 22.9 Å². The maximum absolute atomic E-state index is 6.09. The van der Waals surface area contributed by atoms with Crippen LogP contribution in [0.25, 0.3) is 43.6 Å². The fourth-order valence-corrected chi connectivity index (χ4v) is 4.99. The number of benzene rings is 5. The normalized spacial score (nSPS) is 11.9. The molecule has 5 aromatic carbocycles. The molecule has 6 aromatic rings. The highest BCUT2D eigenvalue weighted by atomic mass is 35.5. The van der Waals surface area contributed by atoms with Gasteiger partial charge < -0.3 is 0 Å². The van der Waals surface area contributed by atoms with Crippen molar-refractivity contribution >= 4 is 66.6 Å². The molecule has 5 heteroatoms. The third-order valence-electron chi connectivity index (χ3n) is 5.55. The Balaban J connectivity index is 1.33. The Bertz CT molecular complexity index is 1570. The summed E-state index contributed by atoms with van der Waals surface area (Å²) >= 11 is 7.61. The van der Waals surface area contributed by atoms with Crippen LogP contribution in [0.15, 0.2) is 89.3 Å². The largest absolute Gasteiger partial charge is 0.253 e. The summed E-state index contributed by atoms with van der Waals surface area (Å²) in [5.41, 5.74) is 6.02. The Morgan fingerprint density at radius 1 is 0.839 bits per heavy atom. The van der Waals surface area contributed by atoms with Crippen LogP contribution in [0.4, 0.5) is 5.13 Å². The average molecular weight is 438 g/mol. The van der Waals surface area contributed by atoms with E-state index in [4.69, 9.17) is 11.6 Å². The Hall–Kier alpha value is -3.47. The van der Waals surface area contributed by atoms with Crippen molar-refractivity contribution in [1.82, 2.24) is 4.98 Å². The van der Waals surface area contributed by atoms with E-state index in [0.29, 0.717) is 5.02 Å². The van der Waals surface area contributed by atoms with Crippen molar-refractivity contribution in [2.75, 3.05) is 5.43 Å². The van der Waals surface area contributed by atoms with Crippen LogP contribution < -0.4 is 5.43 Å². The van der Waals surface area contributed by atoms with E-state index in [9.17, 15) is 0 Å². The van der Waals surface area contributed by atoms with Crippen LogP contribution in [0.3, 0.4) is 0 Å². The number of hydrogen-bond donors (Lipinski definition) is 1. The molecule has 1 aromatic heterocycles. The van der Waals surface area contributed by atoms with Gasteiger partial charge in [0.2, 0.25) is 5.13 Å². The van der Waals surface area contributed by atoms with Crippen molar-refractivity contribution in [3.05, 3.63) is 94.8 Å². The van der Waals surface area contributed by atoms with Gasteiger partial charge in [0.15, 0.2) is 0 Å². The maximum Gasteiger partial charge on any atom is 0.203 e. The maximum atomic E-state index is 6.09. The van der Waals surface area contributed by atoms with E-state index in [2.05, 4.69) is 70.1 Å². The third kappa shape index (κ3) is 3.21. The van der Waals surface area contributed by atoms with Crippen LogP contribution in [-0.2, 0) is 0 Å². The first kappa shape index (κ1) is 18.3. The van der Waals surface area contributed by atoms with Crippen molar-refractivity contribution < 1.29 is 0 Å². The van der Waals surface area contributed by atoms with Gasteiger partial charge in [-0.3, -0.25) is 5.43 Å². The molecule has 6 rings (SSSR count). The van der Waals surface area contributed by atoms with Crippen LogP contribution in [0.2, 0.25) is 5.02 Å². The first-order valence-corrected chi connectivity index (χ1v) is 11.2. The molecule has 1 N–H and O–H groups in total. The highest BCUT2D eigenvalue weighted by Crippen LogP contribution is 2.35. The molecule has 0 atom stereocenters. The van der Waals surface area contributed by atoms with Crippen molar-refractivity contribution in [3.63, 3.8) is 0 Å². The van der Waals surface area contributed by atoms with Gasteiger partial charge in [0, 0.05) is 21.5 Å². The standard InChI is InChI=1S/C26H16ClN3S/c27-21-6-2-5-19(13-21)23-15-31-26(29-23)30-28-14-20-10-9-18-8-7-16-3-1-4-17-11-12-22(20)25(18)24(16)17/h1-15H,(H,29,30)/b28-14+. The fourth-order valence-electron chi connectivity index (χ4n) is 4.13. The summed E-state index contributed by atoms with van der Waals surface area (Å²) in [5.74, 6) is 0. The van der Waals surface area contributed by atoms with E-state index in [1.165, 1.54) is 43.7 Å². The second-order valence-electron chi connectivity index (χ2n) is 7.43. The smallest absolute Gasteiger partial charge is 0.203 e. The zero-order chi connectivity index (χ0) is 20.8. The predicted molar refractivity (Wildman–Crippen MR) is 134 cm³/mol. The summed E-state index contributed by atoms with van der Waals surface area (Å²) in [4.78, 5) is 4.62. The summed E-state index contributed by atoms with van der Waals surface area (Å²) in [7, 11) is 0. The van der Waals surface area contributed by atoms with Gasteiger partial charge >= 0.3 is 0 Å². The summed E-state index contributed by atoms with van der Waals surface area (Å²) in [6.45, 7) is 0. The summed E-state index contributed by atoms with van der Waals surface area (Å²) < 4.78 is 0. The topological polar surface area (TPSA) is 37.3 Å². The van der Waals surface area contributed by atoms with Crippen LogP contribution in [-0.4, -0.2) is 11.2 Å². The molecule has 0 fully saturated rings. The summed E-state index contributed by atoms with van der Waals surface area (Å²) in [5, 5.41) is 15.5. The molecule has 0 aliphatic heterocycles. The Labute approximate surface area is 188 Å². The number of anilines is 1. The molecular weight excluding hydrogens is 422 g/mol. The van der Waals surface area contributed by atoms with Gasteiger partial charge in [-0.05, 0) is 44.5 Å². The SMILES string of the molecule is Clc1cccc(-c2csc(N/N=C/c3ccc4ccc5cccc6ccc3c4c56)n2)c1. The lowest BCUT2D eigenvalue weighted by atomic mass is 9.92. The molecule has 0 radical (unpaired) electrons.